The molecule has 0 radical (unpaired) electrons. The Labute approximate surface area is 199 Å². The molecule has 178 valence electrons. The number of aromatic nitrogens is 1. The van der Waals surface area contributed by atoms with Crippen molar-refractivity contribution in [2.45, 2.75) is 27.4 Å². The Kier molecular flexibility index (Phi) is 8.85. The summed E-state index contributed by atoms with van der Waals surface area (Å²) in [5.41, 5.74) is 2.43. The van der Waals surface area contributed by atoms with Crippen molar-refractivity contribution < 1.29 is 23.8 Å². The van der Waals surface area contributed by atoms with Crippen molar-refractivity contribution in [2.75, 3.05) is 23.8 Å². The van der Waals surface area contributed by atoms with Gasteiger partial charge in [-0.1, -0.05) is 19.9 Å². The van der Waals surface area contributed by atoms with E-state index < -0.39 is 6.09 Å². The average molecular weight is 464 g/mol. The molecular weight excluding hydrogens is 434 g/mol. The van der Waals surface area contributed by atoms with E-state index in [1.54, 1.807) is 54.9 Å². The van der Waals surface area contributed by atoms with E-state index in [4.69, 9.17) is 14.2 Å². The number of rotatable bonds is 10. The van der Waals surface area contributed by atoms with Crippen LogP contribution in [0.3, 0.4) is 0 Å². The van der Waals surface area contributed by atoms with E-state index in [0.717, 1.165) is 5.56 Å². The minimum Gasteiger partial charge on any atom is -0.490 e. The summed E-state index contributed by atoms with van der Waals surface area (Å²) in [6, 6.07) is 15.6. The van der Waals surface area contributed by atoms with Crippen LogP contribution in [0.4, 0.5) is 16.2 Å². The van der Waals surface area contributed by atoms with Crippen molar-refractivity contribution >= 4 is 23.4 Å². The molecule has 8 nitrogen and oxygen atoms in total. The molecule has 3 rings (SSSR count). The van der Waals surface area contributed by atoms with E-state index >= 15 is 0 Å². The Bertz CT molecular complexity index is 1100. The second-order valence-electron chi connectivity index (χ2n) is 7.89. The van der Waals surface area contributed by atoms with Crippen LogP contribution in [0.5, 0.6) is 11.5 Å². The Morgan fingerprint density at radius 3 is 2.35 bits per heavy atom. The zero-order valence-electron chi connectivity index (χ0n) is 19.5. The van der Waals surface area contributed by atoms with Gasteiger partial charge >= 0.3 is 6.09 Å². The third-order valence-electron chi connectivity index (χ3n) is 4.56. The molecule has 3 aromatic rings. The van der Waals surface area contributed by atoms with Gasteiger partial charge in [-0.3, -0.25) is 15.1 Å². The van der Waals surface area contributed by atoms with Crippen molar-refractivity contribution in [3.8, 4) is 11.5 Å². The highest BCUT2D eigenvalue weighted by molar-refractivity contribution is 6.05. The van der Waals surface area contributed by atoms with Gasteiger partial charge in [0.05, 0.1) is 13.2 Å². The lowest BCUT2D eigenvalue weighted by molar-refractivity contribution is 0.102. The second-order valence-corrected chi connectivity index (χ2v) is 7.89. The molecule has 0 unspecified atom stereocenters. The number of amides is 2. The van der Waals surface area contributed by atoms with E-state index in [1.807, 2.05) is 32.9 Å². The van der Waals surface area contributed by atoms with Gasteiger partial charge in [0.15, 0.2) is 11.5 Å². The number of pyridine rings is 1. The van der Waals surface area contributed by atoms with Crippen molar-refractivity contribution in [1.29, 1.82) is 0 Å². The quantitative estimate of drug-likeness (QED) is 0.411. The van der Waals surface area contributed by atoms with Crippen LogP contribution in [0.1, 0.15) is 36.7 Å². The summed E-state index contributed by atoms with van der Waals surface area (Å²) >= 11 is 0. The van der Waals surface area contributed by atoms with Crippen LogP contribution < -0.4 is 20.1 Å². The van der Waals surface area contributed by atoms with Crippen LogP contribution in [-0.2, 0) is 11.3 Å². The molecule has 0 atom stereocenters. The van der Waals surface area contributed by atoms with Crippen LogP contribution in [0.2, 0.25) is 0 Å². The van der Waals surface area contributed by atoms with E-state index in [0.29, 0.717) is 48.3 Å². The Morgan fingerprint density at radius 2 is 1.65 bits per heavy atom. The van der Waals surface area contributed by atoms with Crippen molar-refractivity contribution in [3.05, 3.63) is 78.1 Å². The molecule has 2 N–H and O–H groups in total. The molecule has 0 aliphatic carbocycles. The Morgan fingerprint density at radius 1 is 0.912 bits per heavy atom. The number of anilines is 2. The zero-order chi connectivity index (χ0) is 24.3. The fourth-order valence-electron chi connectivity index (χ4n) is 2.95. The molecule has 1 heterocycles. The summed E-state index contributed by atoms with van der Waals surface area (Å²) < 4.78 is 16.7. The standard InChI is InChI=1S/C26H29N3O5/c1-4-32-24-14-20(8-9-23(24)33-17-19-10-12-27-13-11-19)25(30)28-21-6-5-7-22(15-21)29-26(31)34-16-18(2)3/h5-15,18H,4,16-17H2,1-3H3,(H,28,30)(H,29,31). The molecule has 0 aliphatic heterocycles. The highest BCUT2D eigenvalue weighted by Gasteiger charge is 2.13. The summed E-state index contributed by atoms with van der Waals surface area (Å²) in [7, 11) is 0. The van der Waals surface area contributed by atoms with Crippen LogP contribution in [-0.4, -0.2) is 30.2 Å². The van der Waals surface area contributed by atoms with E-state index in [9.17, 15) is 9.59 Å². The molecule has 2 amide bonds. The molecule has 0 fully saturated rings. The number of carbonyl (C=O) groups is 2. The van der Waals surface area contributed by atoms with Gasteiger partial charge in [0.1, 0.15) is 6.61 Å². The third-order valence-corrected chi connectivity index (χ3v) is 4.56. The van der Waals surface area contributed by atoms with Gasteiger partial charge in [0, 0.05) is 29.3 Å². The topological polar surface area (TPSA) is 98.8 Å². The van der Waals surface area contributed by atoms with Crippen LogP contribution >= 0.6 is 0 Å². The first kappa shape index (κ1) is 24.6. The molecular formula is C26H29N3O5. The van der Waals surface area contributed by atoms with E-state index in [-0.39, 0.29) is 11.8 Å². The van der Waals surface area contributed by atoms with Gasteiger partial charge < -0.3 is 19.5 Å². The lowest BCUT2D eigenvalue weighted by Crippen LogP contribution is -2.17. The summed E-state index contributed by atoms with van der Waals surface area (Å²) in [6.45, 7) is 6.89. The molecule has 0 bridgehead atoms. The van der Waals surface area contributed by atoms with E-state index in [1.165, 1.54) is 0 Å². The fourth-order valence-corrected chi connectivity index (χ4v) is 2.95. The van der Waals surface area contributed by atoms with Gasteiger partial charge in [-0.2, -0.15) is 0 Å². The van der Waals surface area contributed by atoms with Gasteiger partial charge in [0.2, 0.25) is 0 Å². The predicted octanol–water partition coefficient (Wildman–Crippen LogP) is 5.52. The lowest BCUT2D eigenvalue weighted by Gasteiger charge is -2.14. The summed E-state index contributed by atoms with van der Waals surface area (Å²) in [5, 5.41) is 5.49. The molecule has 1 aromatic heterocycles. The SMILES string of the molecule is CCOc1cc(C(=O)Nc2cccc(NC(=O)OCC(C)C)c2)ccc1OCc1ccncc1. The van der Waals surface area contributed by atoms with Gasteiger partial charge in [-0.25, -0.2) is 4.79 Å². The normalized spacial score (nSPS) is 10.5. The smallest absolute Gasteiger partial charge is 0.411 e. The fraction of sp³-hybridized carbons (Fsp3) is 0.269. The molecule has 34 heavy (non-hydrogen) atoms. The monoisotopic (exact) mass is 463 g/mol. The maximum atomic E-state index is 12.8. The number of ether oxygens (including phenoxy) is 3. The van der Waals surface area contributed by atoms with Crippen molar-refractivity contribution in [3.63, 3.8) is 0 Å². The average Bonchev–Trinajstić information content (AvgIpc) is 2.83. The molecule has 2 aromatic carbocycles. The Hall–Kier alpha value is -4.07. The Balaban J connectivity index is 1.66. The number of nitrogens with zero attached hydrogens (tertiary/aromatic N) is 1. The highest BCUT2D eigenvalue weighted by Crippen LogP contribution is 2.30. The first-order chi connectivity index (χ1) is 16.4. The third kappa shape index (κ3) is 7.51. The number of carbonyl (C=O) groups excluding carboxylic acids is 2. The maximum absolute atomic E-state index is 12.8. The van der Waals surface area contributed by atoms with Crippen LogP contribution in [0.15, 0.2) is 67.0 Å². The molecule has 0 spiro atoms. The summed E-state index contributed by atoms with van der Waals surface area (Å²) in [6.07, 6.45) is 2.87. The van der Waals surface area contributed by atoms with Crippen LogP contribution in [0.25, 0.3) is 0 Å². The maximum Gasteiger partial charge on any atom is 0.411 e. The van der Waals surface area contributed by atoms with Gasteiger partial charge in [0.25, 0.3) is 5.91 Å². The van der Waals surface area contributed by atoms with E-state index in [2.05, 4.69) is 15.6 Å². The molecule has 0 aliphatic rings. The summed E-state index contributed by atoms with van der Waals surface area (Å²) in [4.78, 5) is 28.7. The molecule has 0 saturated carbocycles. The molecule has 8 heteroatoms. The van der Waals surface area contributed by atoms with Crippen molar-refractivity contribution in [1.82, 2.24) is 4.98 Å². The van der Waals surface area contributed by atoms with Crippen LogP contribution in [0, 0.1) is 5.92 Å². The number of nitrogens with one attached hydrogen (secondary N) is 2. The molecule has 0 saturated heterocycles. The van der Waals surface area contributed by atoms with Gasteiger partial charge in [-0.15, -0.1) is 0 Å². The number of hydrogen-bond acceptors (Lipinski definition) is 6. The van der Waals surface area contributed by atoms with Crippen molar-refractivity contribution in [2.24, 2.45) is 5.92 Å². The zero-order valence-corrected chi connectivity index (χ0v) is 19.5. The largest absolute Gasteiger partial charge is 0.490 e. The minimum atomic E-state index is -0.541. The second kappa shape index (κ2) is 12.2. The number of hydrogen-bond donors (Lipinski definition) is 2. The lowest BCUT2D eigenvalue weighted by atomic mass is 10.1. The first-order valence-electron chi connectivity index (χ1n) is 11.1. The highest BCUT2D eigenvalue weighted by atomic mass is 16.5. The number of benzene rings is 2. The van der Waals surface area contributed by atoms with Gasteiger partial charge in [-0.05, 0) is 66.9 Å². The minimum absolute atomic E-state index is 0.241. The summed E-state index contributed by atoms with van der Waals surface area (Å²) in [5.74, 6) is 0.945. The first-order valence-corrected chi connectivity index (χ1v) is 11.1. The predicted molar refractivity (Wildman–Crippen MR) is 130 cm³/mol.